The average molecular weight is 381 g/mol. The molecule has 0 atom stereocenters. The van der Waals surface area contributed by atoms with E-state index in [1.54, 1.807) is 60.7 Å². The zero-order valence-corrected chi connectivity index (χ0v) is 15.1. The van der Waals surface area contributed by atoms with E-state index >= 15 is 0 Å². The predicted octanol–water partition coefficient (Wildman–Crippen LogP) is 4.61. The molecule has 0 heterocycles. The molecule has 0 radical (unpaired) electrons. The third-order valence-corrected chi connectivity index (χ3v) is 3.88. The van der Waals surface area contributed by atoms with E-state index in [-0.39, 0.29) is 18.4 Å². The van der Waals surface area contributed by atoms with Gasteiger partial charge >= 0.3 is 0 Å². The van der Waals surface area contributed by atoms with Crippen LogP contribution in [-0.2, 0) is 4.79 Å². The van der Waals surface area contributed by atoms with Crippen molar-refractivity contribution >= 4 is 34.8 Å². The summed E-state index contributed by atoms with van der Waals surface area (Å²) < 4.78 is 5.50. The van der Waals surface area contributed by atoms with Gasteiger partial charge in [-0.2, -0.15) is 0 Å². The molecule has 136 valence electrons. The number of hydrogen-bond acceptors (Lipinski definition) is 3. The van der Waals surface area contributed by atoms with E-state index in [4.69, 9.17) is 16.3 Å². The lowest BCUT2D eigenvalue weighted by Crippen LogP contribution is -2.20. The van der Waals surface area contributed by atoms with Crippen molar-refractivity contribution in [2.24, 2.45) is 0 Å². The quantitative estimate of drug-likeness (QED) is 0.656. The number of para-hydroxylation sites is 1. The standard InChI is InChI=1S/C21H17ClN2O3/c22-16-11-9-15(10-12-16)21(26)24-18-7-4-8-19(13-18)27-14-20(25)23-17-5-2-1-3-6-17/h1-13H,14H2,(H,23,25)(H,24,26). The van der Waals surface area contributed by atoms with Gasteiger partial charge in [-0.25, -0.2) is 0 Å². The third-order valence-electron chi connectivity index (χ3n) is 3.63. The number of halogens is 1. The second-order valence-corrected chi connectivity index (χ2v) is 6.13. The number of amides is 2. The van der Waals surface area contributed by atoms with Crippen LogP contribution in [0.3, 0.4) is 0 Å². The summed E-state index contributed by atoms with van der Waals surface area (Å²) in [4.78, 5) is 24.2. The summed E-state index contributed by atoms with van der Waals surface area (Å²) >= 11 is 5.83. The molecular formula is C21H17ClN2O3. The van der Waals surface area contributed by atoms with Crippen LogP contribution in [0, 0.1) is 0 Å². The van der Waals surface area contributed by atoms with E-state index in [1.165, 1.54) is 0 Å². The minimum absolute atomic E-state index is 0.135. The zero-order chi connectivity index (χ0) is 19.1. The molecule has 0 bridgehead atoms. The number of carbonyl (C=O) groups excluding carboxylic acids is 2. The Morgan fingerprint density at radius 2 is 1.52 bits per heavy atom. The molecule has 6 heteroatoms. The first kappa shape index (κ1) is 18.5. The van der Waals surface area contributed by atoms with Crippen LogP contribution < -0.4 is 15.4 Å². The molecule has 0 saturated heterocycles. The Balaban J connectivity index is 1.56. The van der Waals surface area contributed by atoms with Gasteiger partial charge in [0.1, 0.15) is 5.75 Å². The van der Waals surface area contributed by atoms with E-state index in [1.807, 2.05) is 18.2 Å². The molecule has 3 aromatic carbocycles. The highest BCUT2D eigenvalue weighted by Gasteiger charge is 2.08. The molecule has 0 fully saturated rings. The lowest BCUT2D eigenvalue weighted by molar-refractivity contribution is -0.118. The second kappa shape index (κ2) is 8.87. The maximum Gasteiger partial charge on any atom is 0.262 e. The minimum Gasteiger partial charge on any atom is -0.484 e. The first-order chi connectivity index (χ1) is 13.1. The summed E-state index contributed by atoms with van der Waals surface area (Å²) in [5, 5.41) is 6.09. The summed E-state index contributed by atoms with van der Waals surface area (Å²) in [7, 11) is 0. The molecule has 5 nitrogen and oxygen atoms in total. The first-order valence-electron chi connectivity index (χ1n) is 8.25. The number of benzene rings is 3. The predicted molar refractivity (Wildman–Crippen MR) is 106 cm³/mol. The largest absolute Gasteiger partial charge is 0.484 e. The Morgan fingerprint density at radius 3 is 2.26 bits per heavy atom. The summed E-state index contributed by atoms with van der Waals surface area (Å²) in [6.07, 6.45) is 0. The normalized spacial score (nSPS) is 10.1. The van der Waals surface area contributed by atoms with Crippen LogP contribution in [0.15, 0.2) is 78.9 Å². The van der Waals surface area contributed by atoms with Crippen LogP contribution in [-0.4, -0.2) is 18.4 Å². The number of anilines is 2. The van der Waals surface area contributed by atoms with Gasteiger partial charge in [0.15, 0.2) is 6.61 Å². The van der Waals surface area contributed by atoms with Crippen LogP contribution in [0.2, 0.25) is 5.02 Å². The molecule has 0 spiro atoms. The molecule has 0 aliphatic rings. The fraction of sp³-hybridized carbons (Fsp3) is 0.0476. The fourth-order valence-corrected chi connectivity index (χ4v) is 2.46. The second-order valence-electron chi connectivity index (χ2n) is 5.69. The monoisotopic (exact) mass is 380 g/mol. The Labute approximate surface area is 161 Å². The Hall–Kier alpha value is -3.31. The van der Waals surface area contributed by atoms with Gasteiger partial charge in [0.2, 0.25) is 0 Å². The van der Waals surface area contributed by atoms with Gasteiger partial charge in [0, 0.05) is 28.0 Å². The highest BCUT2D eigenvalue weighted by atomic mass is 35.5. The zero-order valence-electron chi connectivity index (χ0n) is 14.3. The number of hydrogen-bond donors (Lipinski definition) is 2. The van der Waals surface area contributed by atoms with Crippen molar-refractivity contribution < 1.29 is 14.3 Å². The maximum absolute atomic E-state index is 12.2. The molecule has 27 heavy (non-hydrogen) atoms. The van der Waals surface area contributed by atoms with Crippen molar-refractivity contribution in [3.63, 3.8) is 0 Å². The summed E-state index contributed by atoms with van der Waals surface area (Å²) in [6, 6.07) is 22.6. The highest BCUT2D eigenvalue weighted by Crippen LogP contribution is 2.19. The van der Waals surface area contributed by atoms with Crippen LogP contribution in [0.5, 0.6) is 5.75 Å². The number of rotatable bonds is 6. The maximum atomic E-state index is 12.2. The minimum atomic E-state index is -0.267. The van der Waals surface area contributed by atoms with Crippen LogP contribution in [0.25, 0.3) is 0 Å². The molecule has 0 aliphatic carbocycles. The molecule has 0 saturated carbocycles. The molecule has 3 aromatic rings. The Bertz CT molecular complexity index is 928. The van der Waals surface area contributed by atoms with E-state index in [0.717, 1.165) is 0 Å². The van der Waals surface area contributed by atoms with Gasteiger partial charge in [-0.3, -0.25) is 9.59 Å². The highest BCUT2D eigenvalue weighted by molar-refractivity contribution is 6.30. The Kier molecular flexibility index (Phi) is 6.07. The van der Waals surface area contributed by atoms with Crippen molar-refractivity contribution in [2.75, 3.05) is 17.2 Å². The fourth-order valence-electron chi connectivity index (χ4n) is 2.34. The van der Waals surface area contributed by atoms with Crippen LogP contribution in [0.4, 0.5) is 11.4 Å². The van der Waals surface area contributed by atoms with Gasteiger partial charge in [-0.15, -0.1) is 0 Å². The van der Waals surface area contributed by atoms with Gasteiger partial charge in [-0.1, -0.05) is 35.9 Å². The number of ether oxygens (including phenoxy) is 1. The van der Waals surface area contributed by atoms with Crippen molar-refractivity contribution in [1.82, 2.24) is 0 Å². The lowest BCUT2D eigenvalue weighted by atomic mass is 10.2. The third kappa shape index (κ3) is 5.59. The van der Waals surface area contributed by atoms with Gasteiger partial charge < -0.3 is 15.4 Å². The van der Waals surface area contributed by atoms with Crippen molar-refractivity contribution in [3.05, 3.63) is 89.4 Å². The summed E-state index contributed by atoms with van der Waals surface area (Å²) in [6.45, 7) is -0.135. The lowest BCUT2D eigenvalue weighted by Gasteiger charge is -2.10. The number of nitrogens with one attached hydrogen (secondary N) is 2. The molecule has 0 aromatic heterocycles. The van der Waals surface area contributed by atoms with E-state index in [2.05, 4.69) is 10.6 Å². The Morgan fingerprint density at radius 1 is 0.815 bits per heavy atom. The molecule has 2 N–H and O–H groups in total. The molecule has 0 unspecified atom stereocenters. The molecule has 0 aliphatic heterocycles. The topological polar surface area (TPSA) is 67.4 Å². The van der Waals surface area contributed by atoms with E-state index < -0.39 is 0 Å². The van der Waals surface area contributed by atoms with Crippen molar-refractivity contribution in [3.8, 4) is 5.75 Å². The van der Waals surface area contributed by atoms with E-state index in [0.29, 0.717) is 27.7 Å². The van der Waals surface area contributed by atoms with E-state index in [9.17, 15) is 9.59 Å². The molecule has 2 amide bonds. The van der Waals surface area contributed by atoms with Crippen molar-refractivity contribution in [2.45, 2.75) is 0 Å². The average Bonchev–Trinajstić information content (AvgIpc) is 2.68. The molecular weight excluding hydrogens is 364 g/mol. The van der Waals surface area contributed by atoms with Crippen LogP contribution >= 0.6 is 11.6 Å². The van der Waals surface area contributed by atoms with Gasteiger partial charge in [-0.05, 0) is 48.5 Å². The summed E-state index contributed by atoms with van der Waals surface area (Å²) in [5.41, 5.74) is 1.76. The summed E-state index contributed by atoms with van der Waals surface area (Å²) in [5.74, 6) is -0.0467. The van der Waals surface area contributed by atoms with Gasteiger partial charge in [0.25, 0.3) is 11.8 Å². The SMILES string of the molecule is O=C(COc1cccc(NC(=O)c2ccc(Cl)cc2)c1)Nc1ccccc1. The molecule has 3 rings (SSSR count). The van der Waals surface area contributed by atoms with Gasteiger partial charge in [0.05, 0.1) is 0 Å². The van der Waals surface area contributed by atoms with Crippen molar-refractivity contribution in [1.29, 1.82) is 0 Å². The van der Waals surface area contributed by atoms with Crippen LogP contribution in [0.1, 0.15) is 10.4 Å². The first-order valence-corrected chi connectivity index (χ1v) is 8.62. The smallest absolute Gasteiger partial charge is 0.262 e. The number of carbonyl (C=O) groups is 2.